The monoisotopic (exact) mass is 320 g/mol. The number of hydrogen-bond acceptors (Lipinski definition) is 0. The lowest BCUT2D eigenvalue weighted by atomic mass is 9.91. The normalized spacial score (nSPS) is 16.1. The van der Waals surface area contributed by atoms with Gasteiger partial charge in [-0.25, -0.2) is 13.2 Å². The molecule has 0 aromatic heterocycles. The van der Waals surface area contributed by atoms with E-state index in [-0.39, 0.29) is 0 Å². The molecular formula is C6HF13. The van der Waals surface area contributed by atoms with Crippen LogP contribution < -0.4 is 0 Å². The molecular weight excluding hydrogens is 319 g/mol. The second kappa shape index (κ2) is 4.30. The molecule has 0 aromatic rings. The van der Waals surface area contributed by atoms with E-state index in [1.165, 1.54) is 0 Å². The highest BCUT2D eigenvalue weighted by molar-refractivity contribution is 5.11. The van der Waals surface area contributed by atoms with E-state index < -0.39 is 36.3 Å². The Bertz CT molecular complexity index is 305. The van der Waals surface area contributed by atoms with Gasteiger partial charge in [0.15, 0.2) is 0 Å². The first-order chi connectivity index (χ1) is 7.94. The Morgan fingerprint density at radius 1 is 0.526 bits per heavy atom. The van der Waals surface area contributed by atoms with Crippen LogP contribution in [0.3, 0.4) is 0 Å². The van der Waals surface area contributed by atoms with Crippen LogP contribution in [0.5, 0.6) is 0 Å². The number of alkyl halides is 13. The van der Waals surface area contributed by atoms with Crippen LogP contribution in [-0.4, -0.2) is 36.3 Å². The largest absolute Gasteiger partial charge is 0.438 e. The summed E-state index contributed by atoms with van der Waals surface area (Å²) in [6.45, 7) is 0. The molecule has 19 heavy (non-hydrogen) atoms. The maximum Gasteiger partial charge on any atom is 0.438 e. The molecule has 0 heterocycles. The summed E-state index contributed by atoms with van der Waals surface area (Å²) < 4.78 is 155. The zero-order valence-electron chi connectivity index (χ0n) is 7.99. The molecule has 0 spiro atoms. The Morgan fingerprint density at radius 3 is 0.947 bits per heavy atom. The van der Waals surface area contributed by atoms with Crippen molar-refractivity contribution < 1.29 is 57.1 Å². The zero-order valence-corrected chi connectivity index (χ0v) is 7.99. The van der Waals surface area contributed by atoms with Crippen molar-refractivity contribution >= 4 is 0 Å². The van der Waals surface area contributed by atoms with E-state index in [2.05, 4.69) is 0 Å². The highest BCUT2D eigenvalue weighted by Gasteiger charge is 2.91. The van der Waals surface area contributed by atoms with Crippen LogP contribution in [0.4, 0.5) is 57.1 Å². The molecule has 0 aliphatic heterocycles. The molecule has 0 aliphatic rings. The predicted octanol–water partition coefficient (Wildman–Crippen LogP) is 4.36. The van der Waals surface area contributed by atoms with Gasteiger partial charge >= 0.3 is 36.3 Å². The summed E-state index contributed by atoms with van der Waals surface area (Å²) in [5.74, 6) is -14.9. The summed E-state index contributed by atoms with van der Waals surface area (Å²) in [5, 5.41) is 0. The third-order valence-corrected chi connectivity index (χ3v) is 1.91. The molecule has 0 aromatic carbocycles. The first kappa shape index (κ1) is 18.1. The van der Waals surface area contributed by atoms with Crippen LogP contribution >= 0.6 is 0 Å². The van der Waals surface area contributed by atoms with E-state index in [4.69, 9.17) is 0 Å². The lowest BCUT2D eigenvalue weighted by molar-refractivity contribution is -0.435. The molecule has 116 valence electrons. The van der Waals surface area contributed by atoms with Crippen molar-refractivity contribution in [1.82, 2.24) is 0 Å². The Morgan fingerprint density at radius 2 is 0.789 bits per heavy atom. The van der Waals surface area contributed by atoms with Crippen molar-refractivity contribution in [2.75, 3.05) is 0 Å². The van der Waals surface area contributed by atoms with Gasteiger partial charge in [-0.15, -0.1) is 0 Å². The van der Waals surface area contributed by atoms with Gasteiger partial charge in [0.1, 0.15) is 0 Å². The van der Waals surface area contributed by atoms with E-state index in [0.29, 0.717) is 0 Å². The Labute approximate surface area is 94.7 Å². The molecule has 0 unspecified atom stereocenters. The zero-order chi connectivity index (χ0) is 16.1. The fourth-order valence-corrected chi connectivity index (χ4v) is 0.883. The number of rotatable bonds is 3. The lowest BCUT2D eigenvalue weighted by Crippen LogP contribution is -2.71. The molecule has 0 atom stereocenters. The van der Waals surface area contributed by atoms with E-state index in [1.54, 1.807) is 0 Å². The average Bonchev–Trinajstić information content (AvgIpc) is 2.11. The Hall–Kier alpha value is -0.910. The van der Waals surface area contributed by atoms with Gasteiger partial charge in [-0.05, 0) is 0 Å². The summed E-state index contributed by atoms with van der Waals surface area (Å²) in [6.07, 6.45) is -20.8. The first-order valence-corrected chi connectivity index (χ1v) is 3.80. The number of hydrogen-bond donors (Lipinski definition) is 0. The predicted molar refractivity (Wildman–Crippen MR) is 31.8 cm³/mol. The minimum atomic E-state index is -7.83. The minimum absolute atomic E-state index is 5.65. The maximum atomic E-state index is 12.6. The van der Waals surface area contributed by atoms with Crippen LogP contribution in [0.25, 0.3) is 0 Å². The lowest BCUT2D eigenvalue weighted by Gasteiger charge is -2.39. The summed E-state index contributed by atoms with van der Waals surface area (Å²) in [5.41, 5.74) is -7.83. The van der Waals surface area contributed by atoms with Crippen molar-refractivity contribution in [2.24, 2.45) is 0 Å². The summed E-state index contributed by atoms with van der Waals surface area (Å²) in [4.78, 5) is 0. The van der Waals surface area contributed by atoms with Crippen molar-refractivity contribution in [3.8, 4) is 0 Å². The topological polar surface area (TPSA) is 0 Å². The molecule has 0 rings (SSSR count). The van der Waals surface area contributed by atoms with Crippen molar-refractivity contribution in [3.63, 3.8) is 0 Å². The molecule has 0 aliphatic carbocycles. The Kier molecular flexibility index (Phi) is 4.09. The third kappa shape index (κ3) is 2.30. The van der Waals surface area contributed by atoms with E-state index in [0.717, 1.165) is 0 Å². The molecule has 0 bridgehead atoms. The molecule has 0 fully saturated rings. The van der Waals surface area contributed by atoms with E-state index in [1.807, 2.05) is 0 Å². The van der Waals surface area contributed by atoms with Gasteiger partial charge in [-0.1, -0.05) is 0 Å². The molecule has 0 nitrogen and oxygen atoms in total. The quantitative estimate of drug-likeness (QED) is 0.678. The standard InChI is InChI=1S/C6HF13/c7-1(8)2(9,10)4(12,13)3(11,5(14,15)16)6(17,18)19/h1H. The molecule has 0 N–H and O–H groups in total. The highest BCUT2D eigenvalue weighted by atomic mass is 19.4. The summed E-state index contributed by atoms with van der Waals surface area (Å²) in [7, 11) is 0. The van der Waals surface area contributed by atoms with Gasteiger partial charge in [0, 0.05) is 0 Å². The van der Waals surface area contributed by atoms with Crippen molar-refractivity contribution in [1.29, 1.82) is 0 Å². The van der Waals surface area contributed by atoms with Crippen LogP contribution in [0.2, 0.25) is 0 Å². The van der Waals surface area contributed by atoms with Gasteiger partial charge in [-0.2, -0.15) is 43.9 Å². The van der Waals surface area contributed by atoms with Crippen LogP contribution in [0.15, 0.2) is 0 Å². The van der Waals surface area contributed by atoms with Crippen molar-refractivity contribution in [3.05, 3.63) is 0 Å². The van der Waals surface area contributed by atoms with Gasteiger partial charge in [0.2, 0.25) is 0 Å². The van der Waals surface area contributed by atoms with Crippen LogP contribution in [-0.2, 0) is 0 Å². The fourth-order valence-electron chi connectivity index (χ4n) is 0.883. The Balaban J connectivity index is 6.22. The van der Waals surface area contributed by atoms with Gasteiger partial charge in [-0.3, -0.25) is 0 Å². The first-order valence-electron chi connectivity index (χ1n) is 3.80. The fraction of sp³-hybridized carbons (Fsp3) is 1.00. The molecule has 0 radical (unpaired) electrons. The second-order valence-electron chi connectivity index (χ2n) is 3.15. The van der Waals surface area contributed by atoms with Crippen molar-refractivity contribution in [2.45, 2.75) is 36.3 Å². The van der Waals surface area contributed by atoms with Gasteiger partial charge < -0.3 is 0 Å². The van der Waals surface area contributed by atoms with E-state index in [9.17, 15) is 57.1 Å². The molecule has 0 saturated carbocycles. The highest BCUT2D eigenvalue weighted by Crippen LogP contribution is 2.60. The molecule has 0 amide bonds. The number of halogens is 13. The van der Waals surface area contributed by atoms with Crippen LogP contribution in [0, 0.1) is 0 Å². The molecule has 13 heteroatoms. The smallest absolute Gasteiger partial charge is 0.216 e. The second-order valence-corrected chi connectivity index (χ2v) is 3.15. The van der Waals surface area contributed by atoms with Gasteiger partial charge in [0.25, 0.3) is 0 Å². The van der Waals surface area contributed by atoms with E-state index >= 15 is 0 Å². The maximum absolute atomic E-state index is 12.6. The van der Waals surface area contributed by atoms with Crippen LogP contribution in [0.1, 0.15) is 0 Å². The summed E-state index contributed by atoms with van der Waals surface area (Å²) >= 11 is 0. The third-order valence-electron chi connectivity index (χ3n) is 1.91. The van der Waals surface area contributed by atoms with Gasteiger partial charge in [0.05, 0.1) is 0 Å². The minimum Gasteiger partial charge on any atom is -0.216 e. The average molecular weight is 320 g/mol. The molecule has 0 saturated heterocycles. The summed E-state index contributed by atoms with van der Waals surface area (Å²) in [6, 6.07) is 0. The SMILES string of the molecule is FC(F)C(F)(F)C(F)(F)C(F)(C(F)(F)F)C(F)(F)F.